The quantitative estimate of drug-likeness (QED) is 0.633. The Balaban J connectivity index is 2.84. The topological polar surface area (TPSA) is 44.5 Å². The van der Waals surface area contributed by atoms with E-state index in [-0.39, 0.29) is 19.2 Å². The first-order chi connectivity index (χ1) is 8.51. The Morgan fingerprint density at radius 1 is 1.17 bits per heavy atom. The van der Waals surface area contributed by atoms with Gasteiger partial charge in [-0.3, -0.25) is 0 Å². The Morgan fingerprint density at radius 2 is 1.72 bits per heavy atom. The predicted octanol–water partition coefficient (Wildman–Crippen LogP) is 1.99. The van der Waals surface area contributed by atoms with E-state index in [9.17, 15) is 17.6 Å². The van der Waals surface area contributed by atoms with Crippen molar-refractivity contribution in [3.8, 4) is 5.75 Å². The molecule has 1 unspecified atom stereocenters. The summed E-state index contributed by atoms with van der Waals surface area (Å²) in [4.78, 5) is 0. The van der Waals surface area contributed by atoms with Crippen molar-refractivity contribution in [2.45, 2.75) is 13.0 Å². The SMILES string of the molecule is CCOC(CN)COc1c(F)c(F)cc(F)c1F. The first-order valence-corrected chi connectivity index (χ1v) is 5.28. The molecule has 0 amide bonds. The fourth-order valence-corrected chi connectivity index (χ4v) is 1.27. The normalized spacial score (nSPS) is 12.6. The summed E-state index contributed by atoms with van der Waals surface area (Å²) >= 11 is 0. The molecule has 0 aliphatic heterocycles. The molecule has 0 bridgehead atoms. The fraction of sp³-hybridized carbons (Fsp3) is 0.455. The van der Waals surface area contributed by atoms with E-state index in [2.05, 4.69) is 0 Å². The Kier molecular flexibility index (Phi) is 5.36. The van der Waals surface area contributed by atoms with Crippen LogP contribution in [0.25, 0.3) is 0 Å². The molecule has 0 aliphatic rings. The van der Waals surface area contributed by atoms with Gasteiger partial charge in [0, 0.05) is 19.2 Å². The lowest BCUT2D eigenvalue weighted by molar-refractivity contribution is 0.0311. The Hall–Kier alpha value is -1.34. The second kappa shape index (κ2) is 6.55. The van der Waals surface area contributed by atoms with E-state index in [4.69, 9.17) is 15.2 Å². The molecule has 0 spiro atoms. The van der Waals surface area contributed by atoms with Crippen molar-refractivity contribution in [3.63, 3.8) is 0 Å². The van der Waals surface area contributed by atoms with E-state index < -0.39 is 35.1 Å². The van der Waals surface area contributed by atoms with Gasteiger partial charge in [0.15, 0.2) is 17.4 Å². The van der Waals surface area contributed by atoms with E-state index >= 15 is 0 Å². The van der Waals surface area contributed by atoms with E-state index in [0.29, 0.717) is 6.61 Å². The molecule has 0 saturated heterocycles. The van der Waals surface area contributed by atoms with E-state index in [0.717, 1.165) is 0 Å². The van der Waals surface area contributed by atoms with Gasteiger partial charge < -0.3 is 15.2 Å². The highest BCUT2D eigenvalue weighted by Crippen LogP contribution is 2.26. The number of hydrogen-bond donors (Lipinski definition) is 1. The van der Waals surface area contributed by atoms with Crippen LogP contribution in [-0.2, 0) is 4.74 Å². The van der Waals surface area contributed by atoms with Gasteiger partial charge in [-0.25, -0.2) is 8.78 Å². The average molecular weight is 267 g/mol. The highest BCUT2D eigenvalue weighted by Gasteiger charge is 2.21. The van der Waals surface area contributed by atoms with E-state index in [1.54, 1.807) is 6.92 Å². The molecular formula is C11H13F4NO2. The minimum Gasteiger partial charge on any atom is -0.485 e. The lowest BCUT2D eigenvalue weighted by Crippen LogP contribution is -2.30. The molecule has 1 aromatic carbocycles. The van der Waals surface area contributed by atoms with Gasteiger partial charge in [-0.2, -0.15) is 8.78 Å². The molecule has 18 heavy (non-hydrogen) atoms. The summed E-state index contributed by atoms with van der Waals surface area (Å²) in [6.45, 7) is 1.77. The van der Waals surface area contributed by atoms with Crippen molar-refractivity contribution in [3.05, 3.63) is 29.3 Å². The summed E-state index contributed by atoms with van der Waals surface area (Å²) in [6, 6.07) is 0.112. The van der Waals surface area contributed by atoms with Gasteiger partial charge in [0.05, 0.1) is 0 Å². The van der Waals surface area contributed by atoms with Crippen LogP contribution in [0, 0.1) is 23.3 Å². The molecule has 1 rings (SSSR count). The zero-order valence-electron chi connectivity index (χ0n) is 9.68. The standard InChI is InChI=1S/C11H13F4NO2/c1-2-17-6(4-16)5-18-11-9(14)7(12)3-8(13)10(11)15/h3,6H,2,4-5,16H2,1H3. The zero-order valence-corrected chi connectivity index (χ0v) is 9.68. The molecule has 0 fully saturated rings. The number of ether oxygens (including phenoxy) is 2. The monoisotopic (exact) mass is 267 g/mol. The lowest BCUT2D eigenvalue weighted by atomic mass is 10.3. The van der Waals surface area contributed by atoms with Gasteiger partial charge in [0.25, 0.3) is 0 Å². The fourth-order valence-electron chi connectivity index (χ4n) is 1.27. The number of benzene rings is 1. The minimum atomic E-state index is -1.58. The van der Waals surface area contributed by atoms with Gasteiger partial charge >= 0.3 is 0 Å². The predicted molar refractivity (Wildman–Crippen MR) is 56.2 cm³/mol. The molecule has 3 nitrogen and oxygen atoms in total. The van der Waals surface area contributed by atoms with Crippen LogP contribution in [0.4, 0.5) is 17.6 Å². The highest BCUT2D eigenvalue weighted by molar-refractivity contribution is 5.28. The van der Waals surface area contributed by atoms with Crippen LogP contribution in [0.2, 0.25) is 0 Å². The lowest BCUT2D eigenvalue weighted by Gasteiger charge is -2.16. The summed E-state index contributed by atoms with van der Waals surface area (Å²) in [5.41, 5.74) is 5.32. The molecule has 0 heterocycles. The van der Waals surface area contributed by atoms with Crippen molar-refractivity contribution in [2.75, 3.05) is 19.8 Å². The average Bonchev–Trinajstić information content (AvgIpc) is 2.35. The number of nitrogens with two attached hydrogens (primary N) is 1. The maximum absolute atomic E-state index is 13.2. The minimum absolute atomic E-state index is 0.0505. The number of halogens is 4. The highest BCUT2D eigenvalue weighted by atomic mass is 19.2. The largest absolute Gasteiger partial charge is 0.485 e. The third kappa shape index (κ3) is 3.33. The van der Waals surface area contributed by atoms with Crippen LogP contribution >= 0.6 is 0 Å². The second-order valence-electron chi connectivity index (χ2n) is 3.42. The maximum Gasteiger partial charge on any atom is 0.203 e. The smallest absolute Gasteiger partial charge is 0.203 e. The summed E-state index contributed by atoms with van der Waals surface area (Å²) in [5, 5.41) is 0. The molecule has 1 atom stereocenters. The van der Waals surface area contributed by atoms with Crippen LogP contribution in [-0.4, -0.2) is 25.9 Å². The third-order valence-electron chi connectivity index (χ3n) is 2.15. The number of rotatable bonds is 6. The molecule has 0 aromatic heterocycles. The second-order valence-corrected chi connectivity index (χ2v) is 3.42. The molecule has 0 saturated carbocycles. The van der Waals surface area contributed by atoms with Gasteiger partial charge in [-0.05, 0) is 6.92 Å². The molecule has 7 heteroatoms. The van der Waals surface area contributed by atoms with Gasteiger partial charge in [-0.15, -0.1) is 0 Å². The molecule has 2 N–H and O–H groups in total. The Bertz CT molecular complexity index is 388. The van der Waals surface area contributed by atoms with Crippen molar-refractivity contribution < 1.29 is 27.0 Å². The number of hydrogen-bond acceptors (Lipinski definition) is 3. The van der Waals surface area contributed by atoms with Crippen molar-refractivity contribution in [1.29, 1.82) is 0 Å². The van der Waals surface area contributed by atoms with E-state index in [1.165, 1.54) is 0 Å². The molecule has 1 aromatic rings. The van der Waals surface area contributed by atoms with Crippen molar-refractivity contribution in [1.82, 2.24) is 0 Å². The van der Waals surface area contributed by atoms with Crippen LogP contribution < -0.4 is 10.5 Å². The summed E-state index contributed by atoms with van der Waals surface area (Å²) in [7, 11) is 0. The summed E-state index contributed by atoms with van der Waals surface area (Å²) in [5.74, 6) is -7.32. The Labute approximate surface area is 101 Å². The van der Waals surface area contributed by atoms with Crippen LogP contribution in [0.15, 0.2) is 6.07 Å². The molecule has 102 valence electrons. The maximum atomic E-state index is 13.2. The van der Waals surface area contributed by atoms with Crippen LogP contribution in [0.3, 0.4) is 0 Å². The first-order valence-electron chi connectivity index (χ1n) is 5.28. The van der Waals surface area contributed by atoms with Gasteiger partial charge in [0.2, 0.25) is 11.6 Å². The Morgan fingerprint density at radius 3 is 2.17 bits per heavy atom. The van der Waals surface area contributed by atoms with Crippen molar-refractivity contribution in [2.24, 2.45) is 5.73 Å². The first kappa shape index (κ1) is 14.7. The zero-order chi connectivity index (χ0) is 13.7. The van der Waals surface area contributed by atoms with Crippen LogP contribution in [0.1, 0.15) is 6.92 Å². The van der Waals surface area contributed by atoms with E-state index in [1.807, 2.05) is 0 Å². The van der Waals surface area contributed by atoms with Crippen molar-refractivity contribution >= 4 is 0 Å². The van der Waals surface area contributed by atoms with Gasteiger partial charge in [-0.1, -0.05) is 0 Å². The third-order valence-corrected chi connectivity index (χ3v) is 2.15. The molecule has 0 radical (unpaired) electrons. The van der Waals surface area contributed by atoms with Crippen LogP contribution in [0.5, 0.6) is 5.75 Å². The summed E-state index contributed by atoms with van der Waals surface area (Å²) < 4.78 is 61.9. The molecule has 0 aliphatic carbocycles. The summed E-state index contributed by atoms with van der Waals surface area (Å²) in [6.07, 6.45) is -0.611. The molecular weight excluding hydrogens is 254 g/mol. The van der Waals surface area contributed by atoms with Gasteiger partial charge in [0.1, 0.15) is 12.7 Å².